The van der Waals surface area contributed by atoms with E-state index in [1.165, 1.54) is 11.8 Å². The van der Waals surface area contributed by atoms with Gasteiger partial charge in [0.05, 0.1) is 0 Å². The molecule has 0 atom stereocenters. The minimum absolute atomic E-state index is 0. The Hall–Kier alpha value is -1.61. The van der Waals surface area contributed by atoms with Crippen molar-refractivity contribution in [1.82, 2.24) is 14.8 Å². The van der Waals surface area contributed by atoms with E-state index in [0.717, 1.165) is 15.7 Å². The number of nitrogens with two attached hydrogens (primary N) is 1. The predicted octanol–water partition coefficient (Wildman–Crippen LogP) is 1.83. The van der Waals surface area contributed by atoms with Crippen molar-refractivity contribution < 1.29 is 9.53 Å². The number of carbonyl (C=O) groups is 1. The lowest BCUT2D eigenvalue weighted by atomic mass is 9.90. The van der Waals surface area contributed by atoms with Gasteiger partial charge in [-0.25, -0.2) is 0 Å². The second-order valence-corrected chi connectivity index (χ2v) is 6.61. The molecule has 1 aliphatic rings. The average Bonchev–Trinajstić information content (AvgIpc) is 2.95. The van der Waals surface area contributed by atoms with E-state index in [1.54, 1.807) is 6.33 Å². The van der Waals surface area contributed by atoms with Crippen LogP contribution in [-0.2, 0) is 16.6 Å². The minimum atomic E-state index is -0.843. The maximum Gasteiger partial charge on any atom is 0.244 e. The zero-order chi connectivity index (χ0) is 16.3. The lowest BCUT2D eigenvalue weighted by molar-refractivity contribution is -0.124. The molecule has 0 spiro atoms. The van der Waals surface area contributed by atoms with E-state index in [2.05, 4.69) is 15.5 Å². The Balaban J connectivity index is 0.00000208. The highest BCUT2D eigenvalue weighted by atomic mass is 35.5. The number of hydrogen-bond donors (Lipinski definition) is 2. The molecule has 0 radical (unpaired) electrons. The van der Waals surface area contributed by atoms with Gasteiger partial charge in [-0.05, 0) is 48.9 Å². The molecule has 3 rings (SSSR count). The topological polar surface area (TPSA) is 95.1 Å². The Labute approximate surface area is 150 Å². The molecule has 0 aliphatic carbocycles. The zero-order valence-electron chi connectivity index (χ0n) is 13.3. The van der Waals surface area contributed by atoms with Crippen molar-refractivity contribution in [3.8, 4) is 0 Å². The molecule has 1 aromatic heterocycles. The van der Waals surface area contributed by atoms with E-state index in [1.807, 2.05) is 35.9 Å². The van der Waals surface area contributed by atoms with E-state index in [9.17, 15) is 4.79 Å². The molecule has 3 N–H and O–H groups in total. The van der Waals surface area contributed by atoms with Crippen LogP contribution in [0.15, 0.2) is 40.6 Å². The van der Waals surface area contributed by atoms with Crippen LogP contribution in [0.1, 0.15) is 12.8 Å². The van der Waals surface area contributed by atoms with Crippen molar-refractivity contribution in [2.45, 2.75) is 28.4 Å². The summed E-state index contributed by atoms with van der Waals surface area (Å²) in [6.45, 7) is 1.05. The fourth-order valence-corrected chi connectivity index (χ4v) is 3.06. The van der Waals surface area contributed by atoms with Gasteiger partial charge in [0.1, 0.15) is 11.9 Å². The third kappa shape index (κ3) is 4.27. The molecular formula is C15H20ClN5O2S. The molecule has 7 nitrogen and oxygen atoms in total. The number of rotatable bonds is 4. The number of halogens is 1. The molecule has 1 saturated heterocycles. The van der Waals surface area contributed by atoms with Crippen LogP contribution in [-0.4, -0.2) is 39.4 Å². The van der Waals surface area contributed by atoms with Crippen LogP contribution in [0, 0.1) is 0 Å². The Bertz CT molecular complexity index is 685. The van der Waals surface area contributed by atoms with Gasteiger partial charge in [0, 0.05) is 30.8 Å². The van der Waals surface area contributed by atoms with Gasteiger partial charge in [0.15, 0.2) is 5.16 Å². The first-order valence-corrected chi connectivity index (χ1v) is 8.18. The normalized spacial score (nSPS) is 16.2. The minimum Gasteiger partial charge on any atom is -0.381 e. The lowest BCUT2D eigenvalue weighted by Crippen LogP contribution is -2.54. The van der Waals surface area contributed by atoms with Gasteiger partial charge >= 0.3 is 0 Å². The number of benzene rings is 1. The highest BCUT2D eigenvalue weighted by molar-refractivity contribution is 7.99. The van der Waals surface area contributed by atoms with Gasteiger partial charge in [-0.3, -0.25) is 4.79 Å². The van der Waals surface area contributed by atoms with E-state index >= 15 is 0 Å². The van der Waals surface area contributed by atoms with Crippen LogP contribution in [0.5, 0.6) is 0 Å². The van der Waals surface area contributed by atoms with Crippen molar-refractivity contribution in [3.05, 3.63) is 30.6 Å². The maximum atomic E-state index is 12.4. The number of nitrogens with one attached hydrogen (secondary N) is 1. The van der Waals surface area contributed by atoms with E-state index in [4.69, 9.17) is 10.5 Å². The molecule has 2 heterocycles. The number of aryl methyl sites for hydroxylation is 1. The fraction of sp³-hybridized carbons (Fsp3) is 0.400. The molecule has 1 fully saturated rings. The van der Waals surface area contributed by atoms with Gasteiger partial charge in [-0.1, -0.05) is 0 Å². The molecule has 0 unspecified atom stereocenters. The van der Waals surface area contributed by atoms with E-state index in [-0.39, 0.29) is 18.3 Å². The number of ether oxygens (including phenoxy) is 1. The Morgan fingerprint density at radius 1 is 1.33 bits per heavy atom. The van der Waals surface area contributed by atoms with E-state index < -0.39 is 5.54 Å². The number of nitrogens with zero attached hydrogens (tertiary/aromatic N) is 3. The van der Waals surface area contributed by atoms with Crippen LogP contribution in [0.4, 0.5) is 5.69 Å². The number of amides is 1. The smallest absolute Gasteiger partial charge is 0.244 e. The molecular weight excluding hydrogens is 350 g/mol. The number of anilines is 1. The van der Waals surface area contributed by atoms with Gasteiger partial charge < -0.3 is 20.4 Å². The molecule has 1 aromatic carbocycles. The molecule has 1 aliphatic heterocycles. The second-order valence-electron chi connectivity index (χ2n) is 5.57. The average molecular weight is 370 g/mol. The number of hydrogen-bond acceptors (Lipinski definition) is 6. The summed E-state index contributed by atoms with van der Waals surface area (Å²) in [4.78, 5) is 13.4. The highest BCUT2D eigenvalue weighted by Gasteiger charge is 2.35. The zero-order valence-corrected chi connectivity index (χ0v) is 14.9. The molecule has 2 aromatic rings. The summed E-state index contributed by atoms with van der Waals surface area (Å²) >= 11 is 1.51. The number of aromatic nitrogens is 3. The largest absolute Gasteiger partial charge is 0.381 e. The summed E-state index contributed by atoms with van der Waals surface area (Å²) in [5.74, 6) is -0.158. The van der Waals surface area contributed by atoms with Crippen LogP contribution in [0.2, 0.25) is 0 Å². The molecule has 9 heteroatoms. The monoisotopic (exact) mass is 369 g/mol. The molecule has 24 heavy (non-hydrogen) atoms. The predicted molar refractivity (Wildman–Crippen MR) is 94.4 cm³/mol. The maximum absolute atomic E-state index is 12.4. The van der Waals surface area contributed by atoms with Crippen molar-refractivity contribution in [2.75, 3.05) is 18.5 Å². The van der Waals surface area contributed by atoms with Gasteiger partial charge in [0.2, 0.25) is 5.91 Å². The summed E-state index contributed by atoms with van der Waals surface area (Å²) < 4.78 is 7.12. The van der Waals surface area contributed by atoms with Crippen molar-refractivity contribution >= 4 is 35.8 Å². The van der Waals surface area contributed by atoms with Crippen LogP contribution in [0.3, 0.4) is 0 Å². The summed E-state index contributed by atoms with van der Waals surface area (Å²) in [6, 6.07) is 7.59. The third-order valence-electron chi connectivity index (χ3n) is 3.83. The lowest BCUT2D eigenvalue weighted by Gasteiger charge is -2.31. The van der Waals surface area contributed by atoms with Gasteiger partial charge in [0.25, 0.3) is 0 Å². The summed E-state index contributed by atoms with van der Waals surface area (Å²) in [7, 11) is 1.89. The van der Waals surface area contributed by atoms with Gasteiger partial charge in [-0.15, -0.1) is 22.6 Å². The number of carbonyl (C=O) groups excluding carboxylic acids is 1. The van der Waals surface area contributed by atoms with E-state index in [0.29, 0.717) is 26.1 Å². The SMILES string of the molecule is Cl.Cn1cnnc1Sc1ccc(NC(=O)C2(N)CCOCC2)cc1. The van der Waals surface area contributed by atoms with Gasteiger partial charge in [-0.2, -0.15) is 0 Å². The van der Waals surface area contributed by atoms with Crippen LogP contribution in [0.25, 0.3) is 0 Å². The quantitative estimate of drug-likeness (QED) is 0.853. The first kappa shape index (κ1) is 18.7. The van der Waals surface area contributed by atoms with Crippen LogP contribution >= 0.6 is 24.2 Å². The first-order valence-electron chi connectivity index (χ1n) is 7.37. The third-order valence-corrected chi connectivity index (χ3v) is 4.89. The standard InChI is InChI=1S/C15H19N5O2S.ClH/c1-20-10-17-19-14(20)23-12-4-2-11(3-5-12)18-13(21)15(16)6-8-22-9-7-15;/h2-5,10H,6-9,16H2,1H3,(H,18,21);1H. The van der Waals surface area contributed by atoms with Crippen molar-refractivity contribution in [1.29, 1.82) is 0 Å². The second kappa shape index (κ2) is 7.98. The summed E-state index contributed by atoms with van der Waals surface area (Å²) in [6.07, 6.45) is 2.74. The Kier molecular flexibility index (Phi) is 6.22. The van der Waals surface area contributed by atoms with Crippen molar-refractivity contribution in [2.24, 2.45) is 12.8 Å². The Morgan fingerprint density at radius 2 is 2.00 bits per heavy atom. The van der Waals surface area contributed by atoms with Crippen LogP contribution < -0.4 is 11.1 Å². The van der Waals surface area contributed by atoms with Crippen molar-refractivity contribution in [3.63, 3.8) is 0 Å². The molecule has 130 valence electrons. The summed E-state index contributed by atoms with van der Waals surface area (Å²) in [5.41, 5.74) is 6.06. The Morgan fingerprint density at radius 3 is 2.58 bits per heavy atom. The summed E-state index contributed by atoms with van der Waals surface area (Å²) in [5, 5.41) is 11.6. The first-order chi connectivity index (χ1) is 11.1. The molecule has 0 bridgehead atoms. The highest BCUT2D eigenvalue weighted by Crippen LogP contribution is 2.27. The fourth-order valence-electron chi connectivity index (χ4n) is 2.30. The molecule has 1 amide bonds. The molecule has 0 saturated carbocycles.